The van der Waals surface area contributed by atoms with Crippen LogP contribution in [0.15, 0.2) is 27.6 Å². The maximum Gasteiger partial charge on any atom is 0.478 e. The van der Waals surface area contributed by atoms with Crippen molar-refractivity contribution in [2.24, 2.45) is 5.16 Å². The molecule has 0 aromatic carbocycles. The highest BCUT2D eigenvalue weighted by molar-refractivity contribution is 7.13. The third-order valence-electron chi connectivity index (χ3n) is 4.63. The molecule has 0 bridgehead atoms. The zero-order valence-corrected chi connectivity index (χ0v) is 17.8. The summed E-state index contributed by atoms with van der Waals surface area (Å²) >= 11 is 1.05. The first-order chi connectivity index (χ1) is 15.6. The van der Waals surface area contributed by atoms with Crippen molar-refractivity contribution >= 4 is 41.2 Å². The molecule has 0 radical (unpaired) electrons. The number of carboxylic acids is 1. The summed E-state index contributed by atoms with van der Waals surface area (Å²) in [5, 5.41) is 45.9. The minimum atomic E-state index is -1.43. The van der Waals surface area contributed by atoms with Crippen molar-refractivity contribution in [3.05, 3.63) is 39.3 Å². The van der Waals surface area contributed by atoms with Gasteiger partial charge in [0.15, 0.2) is 23.2 Å². The highest BCUT2D eigenvalue weighted by Gasteiger charge is 2.37. The van der Waals surface area contributed by atoms with Gasteiger partial charge in [0.05, 0.1) is 24.7 Å². The average Bonchev–Trinajstić information content (AvgIpc) is 3.16. The number of aromatic nitrogens is 2. The largest absolute Gasteiger partial charge is 0.503 e. The fraction of sp³-hybridized carbons (Fsp3) is 0.353. The van der Waals surface area contributed by atoms with E-state index in [1.807, 2.05) is 0 Å². The summed E-state index contributed by atoms with van der Waals surface area (Å²) < 4.78 is 5.72. The number of carboxylic acid groups (broad SMARTS) is 1. The van der Waals surface area contributed by atoms with Crippen molar-refractivity contribution < 1.29 is 39.5 Å². The summed E-state index contributed by atoms with van der Waals surface area (Å²) in [6.45, 7) is -0.436. The van der Waals surface area contributed by atoms with Gasteiger partial charge in [-0.2, -0.15) is 4.73 Å². The van der Waals surface area contributed by atoms with Gasteiger partial charge in [-0.1, -0.05) is 5.16 Å². The van der Waals surface area contributed by atoms with E-state index in [2.05, 4.69) is 15.5 Å². The van der Waals surface area contributed by atoms with Crippen molar-refractivity contribution in [1.29, 1.82) is 0 Å². The maximum absolute atomic E-state index is 12.8. The van der Waals surface area contributed by atoms with E-state index in [1.165, 1.54) is 5.38 Å². The summed E-state index contributed by atoms with van der Waals surface area (Å²) in [6.07, 6.45) is 0.380. The van der Waals surface area contributed by atoms with Crippen LogP contribution in [0.2, 0.25) is 0 Å². The van der Waals surface area contributed by atoms with Gasteiger partial charge >= 0.3 is 13.1 Å². The van der Waals surface area contributed by atoms with Gasteiger partial charge in [-0.05, 0) is 12.8 Å². The predicted molar refractivity (Wildman–Crippen MR) is 114 cm³/mol. The second-order valence-electron chi connectivity index (χ2n) is 7.05. The van der Waals surface area contributed by atoms with Crippen LogP contribution in [-0.4, -0.2) is 66.9 Å². The van der Waals surface area contributed by atoms with Crippen molar-refractivity contribution in [2.75, 3.05) is 5.73 Å². The second kappa shape index (κ2) is 10.3. The molecule has 1 amide bonds. The Kier molecular flexibility index (Phi) is 7.52. The van der Waals surface area contributed by atoms with Crippen molar-refractivity contribution in [3.8, 4) is 5.75 Å². The number of oxime groups is 1. The summed E-state index contributed by atoms with van der Waals surface area (Å²) in [4.78, 5) is 44.3. The first-order valence-corrected chi connectivity index (χ1v) is 10.4. The van der Waals surface area contributed by atoms with Gasteiger partial charge in [-0.15, -0.1) is 11.3 Å². The monoisotopic (exact) mass is 481 g/mol. The number of amides is 1. The molecule has 16 heteroatoms. The zero-order valence-electron chi connectivity index (χ0n) is 16.9. The molecule has 1 aliphatic heterocycles. The summed E-state index contributed by atoms with van der Waals surface area (Å²) in [7, 11) is -1.43. The number of hydrogen-bond acceptors (Lipinski definition) is 12. The number of aliphatic carboxylic acids is 1. The Bertz CT molecular complexity index is 1120. The first kappa shape index (κ1) is 24.0. The molecule has 176 valence electrons. The Hall–Kier alpha value is -3.63. The Balaban J connectivity index is 1.72. The molecular weight excluding hydrogens is 461 g/mol. The van der Waals surface area contributed by atoms with Gasteiger partial charge in [-0.3, -0.25) is 14.4 Å². The Morgan fingerprint density at radius 3 is 2.85 bits per heavy atom. The summed E-state index contributed by atoms with van der Waals surface area (Å²) in [6, 6.07) is 0.925. The van der Waals surface area contributed by atoms with Crippen LogP contribution < -0.4 is 16.5 Å². The number of nitrogens with zero attached hydrogens (tertiary/aromatic N) is 3. The number of carbonyl (C=O) groups excluding carboxylic acids is 1. The van der Waals surface area contributed by atoms with Crippen LogP contribution in [0.4, 0.5) is 5.13 Å². The Morgan fingerprint density at radius 2 is 2.21 bits per heavy atom. The van der Waals surface area contributed by atoms with Crippen molar-refractivity contribution in [3.63, 3.8) is 0 Å². The van der Waals surface area contributed by atoms with Crippen LogP contribution in [0.5, 0.6) is 5.75 Å². The smallest absolute Gasteiger partial charge is 0.478 e. The van der Waals surface area contributed by atoms with E-state index >= 15 is 0 Å². The van der Waals surface area contributed by atoms with E-state index in [0.717, 1.165) is 23.6 Å². The Morgan fingerprint density at radius 1 is 1.45 bits per heavy atom. The fourth-order valence-corrected chi connectivity index (χ4v) is 3.57. The molecule has 0 saturated carbocycles. The number of aromatic hydroxyl groups is 1. The SMILES string of the molecule is Nc1nc(/C(=N\OCc2cc(=O)c(O)cn2O)C(=O)NC2CCC(CC(=O)O)OB2O)cs1. The minimum absolute atomic E-state index is 0.0559. The number of nitrogen functional groups attached to an aromatic ring is 1. The molecule has 2 aromatic heterocycles. The molecule has 2 aromatic rings. The highest BCUT2D eigenvalue weighted by Crippen LogP contribution is 2.19. The zero-order chi connectivity index (χ0) is 24.1. The predicted octanol–water partition coefficient (Wildman–Crippen LogP) is -1.09. The highest BCUT2D eigenvalue weighted by atomic mass is 32.1. The fourth-order valence-electron chi connectivity index (χ4n) is 3.02. The van der Waals surface area contributed by atoms with Crippen molar-refractivity contribution in [2.45, 2.75) is 37.9 Å². The molecule has 1 fully saturated rings. The van der Waals surface area contributed by atoms with Gasteiger partial charge < -0.3 is 41.0 Å². The maximum atomic E-state index is 12.8. The quantitative estimate of drug-likeness (QED) is 0.115. The molecule has 3 heterocycles. The van der Waals surface area contributed by atoms with Gasteiger partial charge in [0, 0.05) is 11.4 Å². The van der Waals surface area contributed by atoms with Crippen LogP contribution >= 0.6 is 11.3 Å². The van der Waals surface area contributed by atoms with Crippen LogP contribution in [0, 0.1) is 0 Å². The number of nitrogens with two attached hydrogens (primary N) is 1. The molecule has 3 rings (SSSR count). The summed E-state index contributed by atoms with van der Waals surface area (Å²) in [5.41, 5.74) is 4.60. The van der Waals surface area contributed by atoms with Gasteiger partial charge in [0.2, 0.25) is 5.43 Å². The lowest BCUT2D eigenvalue weighted by Gasteiger charge is -2.30. The number of carbonyl (C=O) groups is 2. The second-order valence-corrected chi connectivity index (χ2v) is 7.94. The first-order valence-electron chi connectivity index (χ1n) is 9.55. The van der Waals surface area contributed by atoms with E-state index < -0.39 is 48.8 Å². The number of anilines is 1. The topological polar surface area (TPSA) is 219 Å². The number of hydrogen-bond donors (Lipinski definition) is 6. The molecule has 7 N–H and O–H groups in total. The molecular formula is C17H20BN5O9S. The van der Waals surface area contributed by atoms with E-state index in [4.69, 9.17) is 20.3 Å². The molecule has 0 aliphatic carbocycles. The number of pyridine rings is 1. The number of thiazole rings is 1. The molecule has 33 heavy (non-hydrogen) atoms. The van der Waals surface area contributed by atoms with Gasteiger partial charge in [0.25, 0.3) is 5.91 Å². The van der Waals surface area contributed by atoms with Crippen LogP contribution in [0.25, 0.3) is 0 Å². The lowest BCUT2D eigenvalue weighted by Crippen LogP contribution is -2.54. The molecule has 0 spiro atoms. The van der Waals surface area contributed by atoms with E-state index in [1.54, 1.807) is 0 Å². The molecule has 14 nitrogen and oxygen atoms in total. The molecule has 2 atom stereocenters. The third kappa shape index (κ3) is 6.21. The van der Waals surface area contributed by atoms with E-state index in [0.29, 0.717) is 11.2 Å². The number of rotatable bonds is 8. The van der Waals surface area contributed by atoms with Crippen LogP contribution in [0.3, 0.4) is 0 Å². The van der Waals surface area contributed by atoms with Crippen LogP contribution in [-0.2, 0) is 25.7 Å². The molecule has 1 saturated heterocycles. The van der Waals surface area contributed by atoms with Gasteiger partial charge in [0.1, 0.15) is 11.4 Å². The molecule has 1 aliphatic rings. The lowest BCUT2D eigenvalue weighted by atomic mass is 9.72. The molecule has 2 unspecified atom stereocenters. The van der Waals surface area contributed by atoms with E-state index in [9.17, 15) is 29.7 Å². The van der Waals surface area contributed by atoms with Gasteiger partial charge in [-0.25, -0.2) is 4.98 Å². The van der Waals surface area contributed by atoms with Crippen LogP contribution in [0.1, 0.15) is 30.7 Å². The average molecular weight is 481 g/mol. The third-order valence-corrected chi connectivity index (χ3v) is 5.31. The Labute approximate surface area is 190 Å². The summed E-state index contributed by atoms with van der Waals surface area (Å²) in [5.74, 6) is -3.36. The standard InChI is InChI=1S/C17H20BN5O9S/c19-17-20-10(7-33-17)15(22-31-6-8-3-11(24)12(25)5-23(8)30)16(28)21-13-2-1-9(4-14(26)27)32-18(13)29/h3,5,7,9,13,25,29-30H,1-2,4,6H2,(H2,19,20)(H,21,28)(H,26,27)/b22-15+. The van der Waals surface area contributed by atoms with E-state index in [-0.39, 0.29) is 35.1 Å². The lowest BCUT2D eigenvalue weighted by molar-refractivity contribution is -0.139. The number of nitrogens with one attached hydrogen (secondary N) is 1. The minimum Gasteiger partial charge on any atom is -0.503 e. The normalized spacial score (nSPS) is 18.7. The van der Waals surface area contributed by atoms with Crippen molar-refractivity contribution in [1.82, 2.24) is 15.0 Å².